The number of hydrogen-bond donors (Lipinski definition) is 1. The summed E-state index contributed by atoms with van der Waals surface area (Å²) in [5.74, 6) is 0. The highest BCUT2D eigenvalue weighted by molar-refractivity contribution is 5.71. The van der Waals surface area contributed by atoms with Gasteiger partial charge in [0.2, 0.25) is 0 Å². The molecular weight excluding hydrogens is 208 g/mol. The number of pyridine rings is 1. The van der Waals surface area contributed by atoms with Crippen LogP contribution in [0.25, 0.3) is 11.1 Å². The van der Waals surface area contributed by atoms with Crippen LogP contribution in [-0.2, 0) is 6.42 Å². The zero-order valence-corrected chi connectivity index (χ0v) is 9.98. The van der Waals surface area contributed by atoms with Gasteiger partial charge in [0, 0.05) is 24.0 Å². The number of rotatable bonds is 1. The summed E-state index contributed by atoms with van der Waals surface area (Å²) in [6.45, 7) is 2.13. The van der Waals surface area contributed by atoms with Gasteiger partial charge in [-0.15, -0.1) is 0 Å². The van der Waals surface area contributed by atoms with Crippen molar-refractivity contribution in [1.82, 2.24) is 4.98 Å². The minimum atomic E-state index is 0.210. The van der Waals surface area contributed by atoms with Crippen LogP contribution < -0.4 is 5.73 Å². The van der Waals surface area contributed by atoms with Crippen LogP contribution in [0.15, 0.2) is 36.7 Å². The monoisotopic (exact) mass is 224 g/mol. The number of hydrogen-bond acceptors (Lipinski definition) is 2. The summed E-state index contributed by atoms with van der Waals surface area (Å²) in [6, 6.07) is 8.71. The number of nitrogens with two attached hydrogens (primary N) is 1. The molecular formula is C15H16N2. The first-order valence-electron chi connectivity index (χ1n) is 6.05. The molecule has 17 heavy (non-hydrogen) atoms. The molecule has 1 aliphatic carbocycles. The van der Waals surface area contributed by atoms with E-state index in [-0.39, 0.29) is 6.04 Å². The maximum absolute atomic E-state index is 6.12. The van der Waals surface area contributed by atoms with Crippen LogP contribution in [0.3, 0.4) is 0 Å². The Labute approximate surface area is 102 Å². The highest BCUT2D eigenvalue weighted by atomic mass is 14.6. The van der Waals surface area contributed by atoms with Crippen molar-refractivity contribution in [3.8, 4) is 11.1 Å². The summed E-state index contributed by atoms with van der Waals surface area (Å²) in [5, 5.41) is 0. The van der Waals surface area contributed by atoms with Crippen LogP contribution in [-0.4, -0.2) is 4.98 Å². The summed E-state index contributed by atoms with van der Waals surface area (Å²) >= 11 is 0. The van der Waals surface area contributed by atoms with Gasteiger partial charge < -0.3 is 5.73 Å². The molecule has 1 atom stereocenters. The van der Waals surface area contributed by atoms with Gasteiger partial charge in [0.25, 0.3) is 0 Å². The standard InChI is InChI=1S/C15H16N2/c1-10-7-8-17-9-14(10)11-3-2-4-13-12(11)5-6-15(13)16/h2-4,7-9,15H,5-6,16H2,1H3. The third-order valence-electron chi connectivity index (χ3n) is 3.65. The lowest BCUT2D eigenvalue weighted by atomic mass is 9.95. The molecule has 1 aliphatic rings. The van der Waals surface area contributed by atoms with E-state index in [0.29, 0.717) is 0 Å². The second-order valence-corrected chi connectivity index (χ2v) is 4.71. The first kappa shape index (κ1) is 10.5. The first-order chi connectivity index (χ1) is 8.27. The zero-order valence-electron chi connectivity index (χ0n) is 9.98. The second kappa shape index (κ2) is 3.97. The molecule has 1 aromatic carbocycles. The summed E-state index contributed by atoms with van der Waals surface area (Å²) in [4.78, 5) is 4.24. The Balaban J connectivity index is 2.20. The fourth-order valence-electron chi connectivity index (χ4n) is 2.68. The van der Waals surface area contributed by atoms with Crippen LogP contribution in [0.5, 0.6) is 0 Å². The maximum atomic E-state index is 6.12. The molecule has 0 radical (unpaired) electrons. The van der Waals surface area contributed by atoms with E-state index in [2.05, 4.69) is 36.2 Å². The molecule has 2 nitrogen and oxygen atoms in total. The fourth-order valence-corrected chi connectivity index (χ4v) is 2.68. The normalized spacial score (nSPS) is 18.1. The van der Waals surface area contributed by atoms with Crippen LogP contribution in [0, 0.1) is 6.92 Å². The third-order valence-corrected chi connectivity index (χ3v) is 3.65. The van der Waals surface area contributed by atoms with Crippen LogP contribution in [0.2, 0.25) is 0 Å². The zero-order chi connectivity index (χ0) is 11.8. The van der Waals surface area contributed by atoms with Crippen molar-refractivity contribution in [3.63, 3.8) is 0 Å². The van der Waals surface area contributed by atoms with Gasteiger partial charge in [-0.05, 0) is 48.1 Å². The molecule has 1 heterocycles. The van der Waals surface area contributed by atoms with Crippen molar-refractivity contribution in [2.75, 3.05) is 0 Å². The number of benzene rings is 1. The largest absolute Gasteiger partial charge is 0.324 e. The van der Waals surface area contributed by atoms with Crippen LogP contribution in [0.1, 0.15) is 29.2 Å². The fraction of sp³-hybridized carbons (Fsp3) is 0.267. The minimum Gasteiger partial charge on any atom is -0.324 e. The average Bonchev–Trinajstić information content (AvgIpc) is 2.72. The Morgan fingerprint density at radius 1 is 1.24 bits per heavy atom. The van der Waals surface area contributed by atoms with E-state index in [4.69, 9.17) is 5.73 Å². The summed E-state index contributed by atoms with van der Waals surface area (Å²) in [6.07, 6.45) is 5.94. The van der Waals surface area contributed by atoms with E-state index in [1.807, 2.05) is 12.4 Å². The van der Waals surface area contributed by atoms with Crippen LogP contribution >= 0.6 is 0 Å². The van der Waals surface area contributed by atoms with E-state index in [9.17, 15) is 0 Å². The topological polar surface area (TPSA) is 38.9 Å². The molecule has 0 fully saturated rings. The minimum absolute atomic E-state index is 0.210. The Hall–Kier alpha value is -1.67. The van der Waals surface area contributed by atoms with E-state index >= 15 is 0 Å². The molecule has 0 aliphatic heterocycles. The highest BCUT2D eigenvalue weighted by Crippen LogP contribution is 2.37. The average molecular weight is 224 g/mol. The number of nitrogens with zero attached hydrogens (tertiary/aromatic N) is 1. The van der Waals surface area contributed by atoms with Gasteiger partial charge >= 0.3 is 0 Å². The van der Waals surface area contributed by atoms with Gasteiger partial charge in [0.05, 0.1) is 0 Å². The van der Waals surface area contributed by atoms with Gasteiger partial charge in [-0.25, -0.2) is 0 Å². The molecule has 86 valence electrons. The Morgan fingerprint density at radius 2 is 2.12 bits per heavy atom. The molecule has 0 saturated carbocycles. The van der Waals surface area contributed by atoms with Gasteiger partial charge in [-0.2, -0.15) is 0 Å². The Bertz CT molecular complexity index is 561. The summed E-state index contributed by atoms with van der Waals surface area (Å²) in [7, 11) is 0. The SMILES string of the molecule is Cc1ccncc1-c1cccc2c1CCC2N. The van der Waals surface area contributed by atoms with E-state index in [0.717, 1.165) is 12.8 Å². The maximum Gasteiger partial charge on any atom is 0.0349 e. The molecule has 1 aromatic heterocycles. The molecule has 2 N–H and O–H groups in total. The first-order valence-corrected chi connectivity index (χ1v) is 6.05. The number of fused-ring (bicyclic) bond motifs is 1. The molecule has 3 rings (SSSR count). The van der Waals surface area contributed by atoms with Crippen LogP contribution in [0.4, 0.5) is 0 Å². The lowest BCUT2D eigenvalue weighted by Gasteiger charge is -2.11. The van der Waals surface area contributed by atoms with Gasteiger partial charge in [0.1, 0.15) is 0 Å². The lowest BCUT2D eigenvalue weighted by molar-refractivity contribution is 0.713. The molecule has 0 bridgehead atoms. The lowest BCUT2D eigenvalue weighted by Crippen LogP contribution is -2.05. The van der Waals surface area contributed by atoms with E-state index in [1.165, 1.54) is 27.8 Å². The van der Waals surface area contributed by atoms with Gasteiger partial charge in [-0.1, -0.05) is 18.2 Å². The smallest absolute Gasteiger partial charge is 0.0349 e. The highest BCUT2D eigenvalue weighted by Gasteiger charge is 2.22. The number of aryl methyl sites for hydroxylation is 1. The van der Waals surface area contributed by atoms with Gasteiger partial charge in [-0.3, -0.25) is 4.98 Å². The predicted molar refractivity (Wildman–Crippen MR) is 69.7 cm³/mol. The molecule has 0 spiro atoms. The van der Waals surface area contributed by atoms with Crippen molar-refractivity contribution in [3.05, 3.63) is 53.3 Å². The third kappa shape index (κ3) is 1.65. The summed E-state index contributed by atoms with van der Waals surface area (Å²) in [5.41, 5.74) is 12.7. The van der Waals surface area contributed by atoms with Crippen molar-refractivity contribution in [1.29, 1.82) is 0 Å². The summed E-state index contributed by atoms with van der Waals surface area (Å²) < 4.78 is 0. The van der Waals surface area contributed by atoms with Crippen molar-refractivity contribution < 1.29 is 0 Å². The number of aromatic nitrogens is 1. The molecule has 1 unspecified atom stereocenters. The van der Waals surface area contributed by atoms with E-state index < -0.39 is 0 Å². The van der Waals surface area contributed by atoms with Crippen molar-refractivity contribution in [2.24, 2.45) is 5.73 Å². The molecule has 0 amide bonds. The van der Waals surface area contributed by atoms with Crippen molar-refractivity contribution >= 4 is 0 Å². The Kier molecular flexibility index (Phi) is 2.45. The van der Waals surface area contributed by atoms with Crippen molar-refractivity contribution in [2.45, 2.75) is 25.8 Å². The van der Waals surface area contributed by atoms with Gasteiger partial charge in [0.15, 0.2) is 0 Å². The quantitative estimate of drug-likeness (QED) is 0.808. The second-order valence-electron chi connectivity index (χ2n) is 4.71. The molecule has 2 heteroatoms. The van der Waals surface area contributed by atoms with E-state index in [1.54, 1.807) is 0 Å². The molecule has 2 aromatic rings. The Morgan fingerprint density at radius 3 is 2.94 bits per heavy atom. The predicted octanol–water partition coefficient (Wildman–Crippen LogP) is 3.00. The molecule has 0 saturated heterocycles.